The van der Waals surface area contributed by atoms with Crippen LogP contribution in [0.3, 0.4) is 0 Å². The third-order valence-electron chi connectivity index (χ3n) is 3.24. The standard InChI is InChI=1S/C12H16N2O4/c1-6(12(16)17)7(2)13-11(15)9-5-10(18-14-9)8-3-4-8/h5-8H,3-4H2,1-2H3,(H,13,15)(H,16,17). The maximum Gasteiger partial charge on any atom is 0.308 e. The van der Waals surface area contributed by atoms with Gasteiger partial charge in [-0.25, -0.2) is 0 Å². The molecule has 0 bridgehead atoms. The highest BCUT2D eigenvalue weighted by atomic mass is 16.5. The summed E-state index contributed by atoms with van der Waals surface area (Å²) in [6.45, 7) is 3.20. The SMILES string of the molecule is CC(NC(=O)c1cc(C2CC2)on1)C(C)C(=O)O. The van der Waals surface area contributed by atoms with E-state index in [1.807, 2.05) is 0 Å². The van der Waals surface area contributed by atoms with Crippen molar-refractivity contribution in [1.82, 2.24) is 10.5 Å². The van der Waals surface area contributed by atoms with Gasteiger partial charge in [0.05, 0.1) is 5.92 Å². The summed E-state index contributed by atoms with van der Waals surface area (Å²) in [4.78, 5) is 22.6. The zero-order chi connectivity index (χ0) is 13.3. The second-order valence-corrected chi connectivity index (χ2v) is 4.78. The lowest BCUT2D eigenvalue weighted by atomic mass is 10.0. The smallest absolute Gasteiger partial charge is 0.308 e. The van der Waals surface area contributed by atoms with Crippen molar-refractivity contribution in [2.45, 2.75) is 38.6 Å². The van der Waals surface area contributed by atoms with Gasteiger partial charge in [-0.2, -0.15) is 0 Å². The Bertz CT molecular complexity index is 464. The van der Waals surface area contributed by atoms with Gasteiger partial charge >= 0.3 is 5.97 Å². The number of carbonyl (C=O) groups is 2. The minimum atomic E-state index is -0.943. The van der Waals surface area contributed by atoms with E-state index in [4.69, 9.17) is 9.63 Å². The second kappa shape index (κ2) is 4.80. The van der Waals surface area contributed by atoms with Crippen LogP contribution in [-0.2, 0) is 4.79 Å². The summed E-state index contributed by atoms with van der Waals surface area (Å²) in [5, 5.41) is 15.1. The van der Waals surface area contributed by atoms with E-state index >= 15 is 0 Å². The third-order valence-corrected chi connectivity index (χ3v) is 3.24. The van der Waals surface area contributed by atoms with E-state index in [2.05, 4.69) is 10.5 Å². The summed E-state index contributed by atoms with van der Waals surface area (Å²) < 4.78 is 5.07. The van der Waals surface area contributed by atoms with Gasteiger partial charge in [0.1, 0.15) is 5.76 Å². The topological polar surface area (TPSA) is 92.4 Å². The van der Waals surface area contributed by atoms with Gasteiger partial charge in [-0.15, -0.1) is 0 Å². The second-order valence-electron chi connectivity index (χ2n) is 4.78. The summed E-state index contributed by atoms with van der Waals surface area (Å²) in [6.07, 6.45) is 2.14. The van der Waals surface area contributed by atoms with Crippen LogP contribution < -0.4 is 5.32 Å². The monoisotopic (exact) mass is 252 g/mol. The van der Waals surface area contributed by atoms with Gasteiger partial charge < -0.3 is 14.9 Å². The third kappa shape index (κ3) is 2.69. The van der Waals surface area contributed by atoms with E-state index in [0.29, 0.717) is 5.92 Å². The Morgan fingerprint density at radius 2 is 2.17 bits per heavy atom. The van der Waals surface area contributed by atoms with Crippen LogP contribution in [0.25, 0.3) is 0 Å². The van der Waals surface area contributed by atoms with Crippen molar-refractivity contribution in [2.24, 2.45) is 5.92 Å². The number of aliphatic carboxylic acids is 1. The molecule has 98 valence electrons. The first-order valence-corrected chi connectivity index (χ1v) is 5.99. The van der Waals surface area contributed by atoms with Crippen LogP contribution in [0.4, 0.5) is 0 Å². The van der Waals surface area contributed by atoms with Crippen molar-refractivity contribution in [3.8, 4) is 0 Å². The Morgan fingerprint density at radius 1 is 1.50 bits per heavy atom. The summed E-state index contributed by atoms with van der Waals surface area (Å²) in [7, 11) is 0. The molecule has 0 aromatic carbocycles. The number of aromatic nitrogens is 1. The fraction of sp³-hybridized carbons (Fsp3) is 0.583. The quantitative estimate of drug-likeness (QED) is 0.826. The molecule has 1 saturated carbocycles. The van der Waals surface area contributed by atoms with E-state index in [1.54, 1.807) is 19.9 Å². The van der Waals surface area contributed by atoms with Crippen LogP contribution in [0.15, 0.2) is 10.6 Å². The van der Waals surface area contributed by atoms with Crippen LogP contribution in [0.5, 0.6) is 0 Å². The number of nitrogens with zero attached hydrogens (tertiary/aromatic N) is 1. The maximum absolute atomic E-state index is 11.8. The summed E-state index contributed by atoms with van der Waals surface area (Å²) >= 11 is 0. The molecule has 0 spiro atoms. The number of amides is 1. The fourth-order valence-electron chi connectivity index (χ4n) is 1.58. The molecule has 1 aromatic rings. The summed E-state index contributed by atoms with van der Waals surface area (Å²) in [6, 6.07) is 1.17. The zero-order valence-electron chi connectivity index (χ0n) is 10.3. The first-order chi connectivity index (χ1) is 8.49. The molecule has 1 heterocycles. The van der Waals surface area contributed by atoms with E-state index in [1.165, 1.54) is 0 Å². The normalized spacial score (nSPS) is 18.1. The van der Waals surface area contributed by atoms with Gasteiger partial charge in [-0.3, -0.25) is 9.59 Å². The van der Waals surface area contributed by atoms with E-state index in [-0.39, 0.29) is 5.69 Å². The lowest BCUT2D eigenvalue weighted by Crippen LogP contribution is -2.40. The minimum absolute atomic E-state index is 0.210. The molecule has 1 aliphatic carbocycles. The largest absolute Gasteiger partial charge is 0.481 e. The van der Waals surface area contributed by atoms with Crippen molar-refractivity contribution >= 4 is 11.9 Å². The number of carbonyl (C=O) groups excluding carboxylic acids is 1. The molecule has 2 rings (SSSR count). The molecule has 6 nitrogen and oxygen atoms in total. The highest BCUT2D eigenvalue weighted by molar-refractivity contribution is 5.92. The van der Waals surface area contributed by atoms with Crippen LogP contribution in [0.2, 0.25) is 0 Å². The van der Waals surface area contributed by atoms with Gasteiger partial charge in [0.15, 0.2) is 5.69 Å². The highest BCUT2D eigenvalue weighted by Gasteiger charge is 2.29. The van der Waals surface area contributed by atoms with Gasteiger partial charge in [0.2, 0.25) is 0 Å². The van der Waals surface area contributed by atoms with Crippen molar-refractivity contribution in [1.29, 1.82) is 0 Å². The van der Waals surface area contributed by atoms with Gasteiger partial charge in [-0.1, -0.05) is 5.16 Å². The number of nitrogens with one attached hydrogen (secondary N) is 1. The van der Waals surface area contributed by atoms with Crippen LogP contribution in [-0.4, -0.2) is 28.2 Å². The van der Waals surface area contributed by atoms with Crippen LogP contribution in [0.1, 0.15) is 48.9 Å². The van der Waals surface area contributed by atoms with Crippen molar-refractivity contribution in [3.63, 3.8) is 0 Å². The van der Waals surface area contributed by atoms with Crippen molar-refractivity contribution in [3.05, 3.63) is 17.5 Å². The zero-order valence-corrected chi connectivity index (χ0v) is 10.3. The highest BCUT2D eigenvalue weighted by Crippen LogP contribution is 2.40. The Kier molecular flexibility index (Phi) is 3.36. The molecule has 1 aliphatic rings. The first-order valence-electron chi connectivity index (χ1n) is 5.99. The fourth-order valence-corrected chi connectivity index (χ4v) is 1.58. The molecule has 2 unspecified atom stereocenters. The Balaban J connectivity index is 1.95. The molecule has 18 heavy (non-hydrogen) atoms. The van der Waals surface area contributed by atoms with E-state index in [0.717, 1.165) is 18.6 Å². The summed E-state index contributed by atoms with van der Waals surface area (Å²) in [5.74, 6) is -0.856. The molecule has 0 radical (unpaired) electrons. The van der Waals surface area contributed by atoms with Crippen molar-refractivity contribution < 1.29 is 19.2 Å². The lowest BCUT2D eigenvalue weighted by Gasteiger charge is -2.16. The molecule has 6 heteroatoms. The van der Waals surface area contributed by atoms with Crippen LogP contribution in [0, 0.1) is 5.92 Å². The minimum Gasteiger partial charge on any atom is -0.481 e. The molecule has 0 aliphatic heterocycles. The molecular formula is C12H16N2O4. The Labute approximate surface area is 104 Å². The molecule has 0 saturated heterocycles. The van der Waals surface area contributed by atoms with Gasteiger partial charge in [-0.05, 0) is 26.7 Å². The van der Waals surface area contributed by atoms with E-state index in [9.17, 15) is 9.59 Å². The molecule has 2 atom stereocenters. The molecule has 1 fully saturated rings. The summed E-state index contributed by atoms with van der Waals surface area (Å²) in [5.41, 5.74) is 0.210. The number of hydrogen-bond acceptors (Lipinski definition) is 4. The predicted octanol–water partition coefficient (Wildman–Crippen LogP) is 1.39. The number of carboxylic acids is 1. The average molecular weight is 252 g/mol. The predicted molar refractivity (Wildman–Crippen MR) is 62.2 cm³/mol. The van der Waals surface area contributed by atoms with E-state index < -0.39 is 23.8 Å². The van der Waals surface area contributed by atoms with Crippen molar-refractivity contribution in [2.75, 3.05) is 0 Å². The molecular weight excluding hydrogens is 236 g/mol. The average Bonchev–Trinajstić information content (AvgIpc) is 3.05. The molecule has 1 aromatic heterocycles. The Morgan fingerprint density at radius 3 is 2.72 bits per heavy atom. The maximum atomic E-state index is 11.8. The van der Waals surface area contributed by atoms with Gasteiger partial charge in [0.25, 0.3) is 5.91 Å². The first kappa shape index (κ1) is 12.6. The van der Waals surface area contributed by atoms with Crippen LogP contribution >= 0.6 is 0 Å². The molecule has 2 N–H and O–H groups in total. The lowest BCUT2D eigenvalue weighted by molar-refractivity contribution is -0.141. The molecule has 1 amide bonds. The van der Waals surface area contributed by atoms with Gasteiger partial charge in [0, 0.05) is 18.0 Å². The number of hydrogen-bond donors (Lipinski definition) is 2. The number of rotatable bonds is 5. The number of carboxylic acid groups (broad SMARTS) is 1. The Hall–Kier alpha value is -1.85.